The van der Waals surface area contributed by atoms with Crippen molar-refractivity contribution in [2.75, 3.05) is 20.3 Å². The highest BCUT2D eigenvalue weighted by molar-refractivity contribution is 6.35. The molecule has 1 atom stereocenters. The Morgan fingerprint density at radius 2 is 1.81 bits per heavy atom. The summed E-state index contributed by atoms with van der Waals surface area (Å²) in [7, 11) is 1.69. The van der Waals surface area contributed by atoms with E-state index in [0.717, 1.165) is 28.1 Å². The van der Waals surface area contributed by atoms with Gasteiger partial charge in [-0.1, -0.05) is 49.7 Å². The Bertz CT molecular complexity index is 586. The van der Waals surface area contributed by atoms with Gasteiger partial charge in [0.05, 0.1) is 6.61 Å². The first-order chi connectivity index (χ1) is 10.1. The minimum atomic E-state index is -0.0398. The van der Waals surface area contributed by atoms with Crippen LogP contribution in [0.5, 0.6) is 5.75 Å². The smallest absolute Gasteiger partial charge is 0.134 e. The number of halogens is 1. The predicted octanol–water partition coefficient (Wildman–Crippen LogP) is 3.89. The average molecular weight is 308 g/mol. The van der Waals surface area contributed by atoms with Crippen LogP contribution in [-0.4, -0.2) is 32.4 Å². The number of fused-ring (bicyclic) bond motifs is 1. The van der Waals surface area contributed by atoms with Crippen LogP contribution in [0.3, 0.4) is 0 Å². The van der Waals surface area contributed by atoms with Crippen molar-refractivity contribution in [1.82, 2.24) is 5.32 Å². The van der Waals surface area contributed by atoms with Crippen molar-refractivity contribution >= 4 is 22.4 Å². The molecule has 0 aliphatic carbocycles. The van der Waals surface area contributed by atoms with Crippen molar-refractivity contribution in [2.45, 2.75) is 26.0 Å². The maximum Gasteiger partial charge on any atom is 0.134 e. The molecule has 1 unspecified atom stereocenters. The van der Waals surface area contributed by atoms with Gasteiger partial charge in [-0.2, -0.15) is 0 Å². The molecule has 0 spiro atoms. The first kappa shape index (κ1) is 16.1. The molecule has 0 amide bonds. The molecular weight excluding hydrogens is 286 g/mol. The van der Waals surface area contributed by atoms with E-state index < -0.39 is 0 Å². The molecule has 0 saturated carbocycles. The molecule has 0 aromatic heterocycles. The molecule has 2 rings (SSSR count). The Balaban J connectivity index is 2.22. The summed E-state index contributed by atoms with van der Waals surface area (Å²) in [5.74, 6) is 0.836. The summed E-state index contributed by atoms with van der Waals surface area (Å²) in [5, 5.41) is 6.14. The van der Waals surface area contributed by atoms with Crippen LogP contribution in [0.15, 0.2) is 36.4 Å². The zero-order valence-electron chi connectivity index (χ0n) is 12.7. The van der Waals surface area contributed by atoms with E-state index in [2.05, 4.69) is 19.2 Å². The van der Waals surface area contributed by atoms with Crippen molar-refractivity contribution in [3.05, 3.63) is 41.4 Å². The number of hydrogen-bond donors (Lipinski definition) is 1. The summed E-state index contributed by atoms with van der Waals surface area (Å²) in [6.45, 7) is 5.50. The molecule has 1 N–H and O–H groups in total. The van der Waals surface area contributed by atoms with Gasteiger partial charge in [-0.25, -0.2) is 0 Å². The van der Waals surface area contributed by atoms with Gasteiger partial charge in [-0.3, -0.25) is 0 Å². The van der Waals surface area contributed by atoms with E-state index in [1.165, 1.54) is 0 Å². The highest BCUT2D eigenvalue weighted by Crippen LogP contribution is 2.31. The monoisotopic (exact) mass is 307 g/mol. The number of rotatable bonds is 7. The summed E-state index contributed by atoms with van der Waals surface area (Å²) in [6, 6.07) is 12.2. The summed E-state index contributed by atoms with van der Waals surface area (Å²) < 4.78 is 11.4. The molecule has 0 aliphatic rings. The topological polar surface area (TPSA) is 30.5 Å². The molecular formula is C17H22ClNO2. The van der Waals surface area contributed by atoms with Crippen LogP contribution in [0, 0.1) is 0 Å². The Morgan fingerprint density at radius 1 is 1.10 bits per heavy atom. The summed E-state index contributed by atoms with van der Waals surface area (Å²) in [4.78, 5) is 0. The second-order valence-electron chi connectivity index (χ2n) is 5.35. The largest absolute Gasteiger partial charge is 0.486 e. The molecule has 0 heterocycles. The van der Waals surface area contributed by atoms with E-state index in [1.54, 1.807) is 7.11 Å². The molecule has 0 fully saturated rings. The Labute approximate surface area is 131 Å². The van der Waals surface area contributed by atoms with E-state index in [4.69, 9.17) is 21.1 Å². The van der Waals surface area contributed by atoms with Gasteiger partial charge < -0.3 is 14.8 Å². The predicted molar refractivity (Wildman–Crippen MR) is 88.4 cm³/mol. The lowest BCUT2D eigenvalue weighted by Crippen LogP contribution is -2.38. The van der Waals surface area contributed by atoms with Crippen LogP contribution in [0.25, 0.3) is 10.8 Å². The van der Waals surface area contributed by atoms with E-state index in [1.807, 2.05) is 36.4 Å². The lowest BCUT2D eigenvalue weighted by Gasteiger charge is -2.21. The highest BCUT2D eigenvalue weighted by Gasteiger charge is 2.13. The van der Waals surface area contributed by atoms with Crippen molar-refractivity contribution in [3.63, 3.8) is 0 Å². The molecule has 0 radical (unpaired) electrons. The van der Waals surface area contributed by atoms with Gasteiger partial charge in [0, 0.05) is 35.5 Å². The molecule has 0 aliphatic heterocycles. The Morgan fingerprint density at radius 3 is 2.48 bits per heavy atom. The minimum absolute atomic E-state index is 0.0398. The van der Waals surface area contributed by atoms with Crippen LogP contribution in [0.2, 0.25) is 5.02 Å². The maximum atomic E-state index is 6.24. The van der Waals surface area contributed by atoms with Crippen LogP contribution in [0.4, 0.5) is 0 Å². The van der Waals surface area contributed by atoms with Crippen molar-refractivity contribution in [3.8, 4) is 5.75 Å². The quantitative estimate of drug-likeness (QED) is 0.842. The number of ether oxygens (including phenoxy) is 2. The molecule has 0 saturated heterocycles. The number of methoxy groups -OCH3 is 1. The number of benzene rings is 2. The maximum absolute atomic E-state index is 6.24. The first-order valence-electron chi connectivity index (χ1n) is 7.18. The van der Waals surface area contributed by atoms with Crippen LogP contribution in [0.1, 0.15) is 13.8 Å². The lowest BCUT2D eigenvalue weighted by molar-refractivity contribution is 0.0804. The van der Waals surface area contributed by atoms with Crippen molar-refractivity contribution in [2.24, 2.45) is 0 Å². The zero-order chi connectivity index (χ0) is 15.2. The van der Waals surface area contributed by atoms with Gasteiger partial charge in [-0.15, -0.1) is 0 Å². The van der Waals surface area contributed by atoms with Gasteiger partial charge in [-0.05, 0) is 12.1 Å². The van der Waals surface area contributed by atoms with Crippen LogP contribution >= 0.6 is 11.6 Å². The fourth-order valence-corrected chi connectivity index (χ4v) is 2.43. The first-order valence-corrected chi connectivity index (χ1v) is 7.56. The normalized spacial score (nSPS) is 12.8. The molecule has 0 bridgehead atoms. The fraction of sp³-hybridized carbons (Fsp3) is 0.412. The molecule has 114 valence electrons. The third kappa shape index (κ3) is 4.34. The standard InChI is InChI=1S/C17H22ClNO2/c1-12(2)19-10-13(11-20-3)21-17-9-8-16(18)14-6-4-5-7-15(14)17/h4-9,12-13,19H,10-11H2,1-3H3. The third-order valence-electron chi connectivity index (χ3n) is 3.23. The number of hydrogen-bond acceptors (Lipinski definition) is 3. The molecule has 4 heteroatoms. The molecule has 3 nitrogen and oxygen atoms in total. The van der Waals surface area contributed by atoms with Gasteiger partial charge in [0.2, 0.25) is 0 Å². The summed E-state index contributed by atoms with van der Waals surface area (Å²) >= 11 is 6.24. The highest BCUT2D eigenvalue weighted by atomic mass is 35.5. The fourth-order valence-electron chi connectivity index (χ4n) is 2.20. The SMILES string of the molecule is COCC(CNC(C)C)Oc1ccc(Cl)c2ccccc12. The summed E-state index contributed by atoms with van der Waals surface area (Å²) in [6.07, 6.45) is -0.0398. The van der Waals surface area contributed by atoms with E-state index in [9.17, 15) is 0 Å². The lowest BCUT2D eigenvalue weighted by atomic mass is 10.1. The minimum Gasteiger partial charge on any atom is -0.486 e. The van der Waals surface area contributed by atoms with Crippen molar-refractivity contribution in [1.29, 1.82) is 0 Å². The van der Waals surface area contributed by atoms with Gasteiger partial charge >= 0.3 is 0 Å². The second-order valence-corrected chi connectivity index (χ2v) is 5.76. The van der Waals surface area contributed by atoms with Gasteiger partial charge in [0.1, 0.15) is 11.9 Å². The molecule has 2 aromatic carbocycles. The zero-order valence-corrected chi connectivity index (χ0v) is 13.5. The summed E-state index contributed by atoms with van der Waals surface area (Å²) in [5.41, 5.74) is 0. The van der Waals surface area contributed by atoms with Gasteiger partial charge in [0.25, 0.3) is 0 Å². The van der Waals surface area contributed by atoms with E-state index in [-0.39, 0.29) is 6.10 Å². The third-order valence-corrected chi connectivity index (χ3v) is 3.56. The Kier molecular flexibility index (Phi) is 5.85. The van der Waals surface area contributed by atoms with Crippen molar-refractivity contribution < 1.29 is 9.47 Å². The van der Waals surface area contributed by atoms with Gasteiger partial charge in [0.15, 0.2) is 0 Å². The van der Waals surface area contributed by atoms with Crippen LogP contribution < -0.4 is 10.1 Å². The number of nitrogens with one attached hydrogen (secondary N) is 1. The average Bonchev–Trinajstić information content (AvgIpc) is 2.48. The Hall–Kier alpha value is -1.29. The molecule has 21 heavy (non-hydrogen) atoms. The van der Waals surface area contributed by atoms with E-state index in [0.29, 0.717) is 12.6 Å². The van der Waals surface area contributed by atoms with Crippen LogP contribution in [-0.2, 0) is 4.74 Å². The van der Waals surface area contributed by atoms with E-state index >= 15 is 0 Å². The second kappa shape index (κ2) is 7.64. The molecule has 2 aromatic rings.